The van der Waals surface area contributed by atoms with E-state index in [-0.39, 0.29) is 17.9 Å². The summed E-state index contributed by atoms with van der Waals surface area (Å²) in [6, 6.07) is 8.07. The van der Waals surface area contributed by atoms with E-state index in [0.29, 0.717) is 31.7 Å². The van der Waals surface area contributed by atoms with Gasteiger partial charge in [-0.2, -0.15) is 0 Å². The second kappa shape index (κ2) is 7.36. The molecule has 4 heteroatoms. The quantitative estimate of drug-likeness (QED) is 0.717. The molecule has 3 aliphatic carbocycles. The molecule has 5 rings (SSSR count). The lowest BCUT2D eigenvalue weighted by Crippen LogP contribution is -2.48. The number of terminal acetylenes is 1. The molecule has 4 aliphatic rings. The number of allylic oxidation sites excluding steroid dienone is 3. The van der Waals surface area contributed by atoms with Gasteiger partial charge in [-0.05, 0) is 71.9 Å². The highest BCUT2D eigenvalue weighted by Crippen LogP contribution is 2.61. The summed E-state index contributed by atoms with van der Waals surface area (Å²) >= 11 is 0. The fraction of sp³-hybridized carbons (Fsp3) is 0.519. The zero-order valence-electron chi connectivity index (χ0n) is 18.3. The minimum Gasteiger partial charge on any atom is -0.497 e. The molecule has 1 saturated heterocycles. The maximum absolute atomic E-state index is 12.2. The molecule has 0 spiro atoms. The lowest BCUT2D eigenvalue weighted by molar-refractivity contribution is -0.118. The third-order valence-corrected chi connectivity index (χ3v) is 8.35. The summed E-state index contributed by atoms with van der Waals surface area (Å²) in [6.45, 7) is 2.52. The van der Waals surface area contributed by atoms with Gasteiger partial charge in [-0.1, -0.05) is 31.1 Å². The molecule has 0 amide bonds. The average molecular weight is 419 g/mol. The van der Waals surface area contributed by atoms with Crippen LogP contribution in [0, 0.1) is 29.6 Å². The van der Waals surface area contributed by atoms with Crippen molar-refractivity contribution in [3.05, 3.63) is 52.6 Å². The van der Waals surface area contributed by atoms with Crippen LogP contribution >= 0.6 is 0 Å². The number of methoxy groups -OCH3 is 1. The summed E-state index contributed by atoms with van der Waals surface area (Å²) in [5.41, 5.74) is 3.21. The third-order valence-electron chi connectivity index (χ3n) is 8.35. The number of fused-ring (bicyclic) bond motifs is 4. The molecule has 1 aromatic rings. The first-order valence-corrected chi connectivity index (χ1v) is 11.3. The first-order valence-electron chi connectivity index (χ1n) is 11.3. The number of aliphatic hydroxyl groups is 1. The first kappa shape index (κ1) is 20.5. The molecule has 31 heavy (non-hydrogen) atoms. The van der Waals surface area contributed by atoms with Crippen molar-refractivity contribution < 1.29 is 19.4 Å². The summed E-state index contributed by atoms with van der Waals surface area (Å²) in [7, 11) is 1.66. The number of hydrogen-bond acceptors (Lipinski definition) is 4. The Morgan fingerprint density at radius 2 is 2.03 bits per heavy atom. The highest BCUT2D eigenvalue weighted by atomic mass is 16.5. The molecular formula is C27H30O4. The molecular weight excluding hydrogens is 388 g/mol. The Morgan fingerprint density at radius 1 is 1.26 bits per heavy atom. The smallest absolute Gasteiger partial charge is 0.137 e. The number of carbonyl (C=O) groups is 1. The Labute approximate surface area is 184 Å². The number of hydrogen-bond donors (Lipinski definition) is 1. The van der Waals surface area contributed by atoms with Crippen LogP contribution in [0.4, 0.5) is 0 Å². The zero-order chi connectivity index (χ0) is 21.8. The number of benzene rings is 1. The van der Waals surface area contributed by atoms with Crippen LogP contribution in [0.5, 0.6) is 5.75 Å². The predicted octanol–water partition coefficient (Wildman–Crippen LogP) is 4.54. The Balaban J connectivity index is 1.65. The van der Waals surface area contributed by atoms with E-state index < -0.39 is 11.0 Å². The van der Waals surface area contributed by atoms with E-state index in [0.717, 1.165) is 30.6 Å². The van der Waals surface area contributed by atoms with Gasteiger partial charge in [0.15, 0.2) is 0 Å². The van der Waals surface area contributed by atoms with Crippen molar-refractivity contribution in [2.24, 2.45) is 17.3 Å². The number of ketones is 1. The van der Waals surface area contributed by atoms with Gasteiger partial charge in [0.2, 0.25) is 0 Å². The van der Waals surface area contributed by atoms with E-state index in [1.165, 1.54) is 16.7 Å². The Hall–Kier alpha value is -2.35. The Morgan fingerprint density at radius 3 is 2.74 bits per heavy atom. The summed E-state index contributed by atoms with van der Waals surface area (Å²) in [4.78, 5) is 12.2. The molecule has 162 valence electrons. The SMILES string of the molecule is C#C[C@]1(O)CCC2C3CC=C4CC(=O)CCC4=C3[C@@H](c3ccc(OC)cc3)OC[C@@]21C. The predicted molar refractivity (Wildman–Crippen MR) is 118 cm³/mol. The molecule has 3 fully saturated rings. The summed E-state index contributed by atoms with van der Waals surface area (Å²) in [5, 5.41) is 11.4. The largest absolute Gasteiger partial charge is 0.497 e. The van der Waals surface area contributed by atoms with E-state index in [2.05, 4.69) is 31.1 Å². The van der Waals surface area contributed by atoms with Gasteiger partial charge in [0.25, 0.3) is 0 Å². The van der Waals surface area contributed by atoms with Gasteiger partial charge in [0.05, 0.1) is 13.7 Å². The molecule has 2 unspecified atom stereocenters. The van der Waals surface area contributed by atoms with Crippen LogP contribution in [0.1, 0.15) is 57.1 Å². The van der Waals surface area contributed by atoms with E-state index >= 15 is 0 Å². The summed E-state index contributed by atoms with van der Waals surface area (Å²) in [6.07, 6.45) is 12.2. The van der Waals surface area contributed by atoms with Gasteiger partial charge in [-0.3, -0.25) is 4.79 Å². The molecule has 1 heterocycles. The van der Waals surface area contributed by atoms with Crippen LogP contribution in [-0.4, -0.2) is 30.2 Å². The van der Waals surface area contributed by atoms with Gasteiger partial charge >= 0.3 is 0 Å². The van der Waals surface area contributed by atoms with Crippen LogP contribution < -0.4 is 4.74 Å². The molecule has 1 N–H and O–H groups in total. The van der Waals surface area contributed by atoms with Crippen LogP contribution in [0.15, 0.2) is 47.1 Å². The lowest BCUT2D eigenvalue weighted by atomic mass is 9.62. The van der Waals surface area contributed by atoms with Crippen LogP contribution in [0.2, 0.25) is 0 Å². The molecule has 0 bridgehead atoms. The van der Waals surface area contributed by atoms with Crippen molar-refractivity contribution in [3.63, 3.8) is 0 Å². The van der Waals surface area contributed by atoms with E-state index in [9.17, 15) is 9.90 Å². The molecule has 4 nitrogen and oxygen atoms in total. The topological polar surface area (TPSA) is 55.8 Å². The van der Waals surface area contributed by atoms with Gasteiger partial charge in [0.1, 0.15) is 23.2 Å². The Kier molecular flexibility index (Phi) is 4.88. The van der Waals surface area contributed by atoms with E-state index in [4.69, 9.17) is 15.9 Å². The van der Waals surface area contributed by atoms with Gasteiger partial charge in [-0.15, -0.1) is 6.42 Å². The molecule has 1 aliphatic heterocycles. The van der Waals surface area contributed by atoms with Crippen LogP contribution in [-0.2, 0) is 9.53 Å². The molecule has 2 saturated carbocycles. The molecule has 5 atom stereocenters. The average Bonchev–Trinajstić information content (AvgIpc) is 2.96. The second-order valence-electron chi connectivity index (χ2n) is 9.75. The van der Waals surface area contributed by atoms with E-state index in [1.54, 1.807) is 7.11 Å². The van der Waals surface area contributed by atoms with Crippen molar-refractivity contribution in [1.29, 1.82) is 0 Å². The number of carbonyl (C=O) groups excluding carboxylic acids is 1. The maximum Gasteiger partial charge on any atom is 0.137 e. The fourth-order valence-corrected chi connectivity index (χ4v) is 6.50. The van der Waals surface area contributed by atoms with Crippen molar-refractivity contribution in [1.82, 2.24) is 0 Å². The fourth-order valence-electron chi connectivity index (χ4n) is 6.50. The number of Topliss-reactive ketones (excluding diaryl/α,β-unsaturated/α-hetero) is 1. The molecule has 0 aromatic heterocycles. The van der Waals surface area contributed by atoms with Gasteiger partial charge in [0, 0.05) is 18.3 Å². The van der Waals surface area contributed by atoms with Gasteiger partial charge in [-0.25, -0.2) is 0 Å². The van der Waals surface area contributed by atoms with Crippen LogP contribution in [0.3, 0.4) is 0 Å². The summed E-state index contributed by atoms with van der Waals surface area (Å²) in [5.74, 6) is 4.35. The highest BCUT2D eigenvalue weighted by molar-refractivity contribution is 5.84. The van der Waals surface area contributed by atoms with Crippen molar-refractivity contribution in [2.75, 3.05) is 13.7 Å². The lowest BCUT2D eigenvalue weighted by Gasteiger charge is -2.42. The molecule has 1 aromatic carbocycles. The van der Waals surface area contributed by atoms with Crippen molar-refractivity contribution in [2.45, 2.75) is 57.2 Å². The normalized spacial score (nSPS) is 37.2. The summed E-state index contributed by atoms with van der Waals surface area (Å²) < 4.78 is 12.0. The highest BCUT2D eigenvalue weighted by Gasteiger charge is 2.60. The third kappa shape index (κ3) is 3.02. The second-order valence-corrected chi connectivity index (χ2v) is 9.75. The first-order chi connectivity index (χ1) is 14.9. The minimum absolute atomic E-state index is 0.202. The van der Waals surface area contributed by atoms with Crippen molar-refractivity contribution in [3.8, 4) is 18.1 Å². The van der Waals surface area contributed by atoms with Crippen molar-refractivity contribution >= 4 is 5.78 Å². The molecule has 0 radical (unpaired) electrons. The Bertz CT molecular complexity index is 1010. The standard InChI is InChI=1S/C27H30O4/c1-4-27(29)14-13-23-22-11-7-18-15-19(28)8-12-21(18)24(22)25(31-16-26(23,27)2)17-5-9-20(30-3)10-6-17/h1,5-7,9-10,22-23,25,29H,8,11-16H2,2-3H3/t22?,23?,25-,26+,27+/m1/s1. The number of rotatable bonds is 2. The van der Waals surface area contributed by atoms with E-state index in [1.807, 2.05) is 12.1 Å². The number of ether oxygens (including phenoxy) is 2. The van der Waals surface area contributed by atoms with Gasteiger partial charge < -0.3 is 14.6 Å². The zero-order valence-corrected chi connectivity index (χ0v) is 18.3. The monoisotopic (exact) mass is 418 g/mol. The minimum atomic E-state index is -1.16. The maximum atomic E-state index is 12.2. The van der Waals surface area contributed by atoms with Crippen LogP contribution in [0.25, 0.3) is 0 Å².